The molecular formula is C19H15FN2O4. The van der Waals surface area contributed by atoms with Crippen LogP contribution in [-0.2, 0) is 4.74 Å². The number of rotatable bonds is 5. The summed E-state index contributed by atoms with van der Waals surface area (Å²) in [5.74, 6) is -0.901. The van der Waals surface area contributed by atoms with Crippen molar-refractivity contribution in [3.63, 3.8) is 0 Å². The number of benzene rings is 2. The van der Waals surface area contributed by atoms with E-state index in [2.05, 4.69) is 10.5 Å². The predicted octanol–water partition coefficient (Wildman–Crippen LogP) is 3.91. The van der Waals surface area contributed by atoms with Crippen molar-refractivity contribution in [2.24, 2.45) is 0 Å². The van der Waals surface area contributed by atoms with Gasteiger partial charge >= 0.3 is 5.97 Å². The van der Waals surface area contributed by atoms with Gasteiger partial charge in [-0.1, -0.05) is 5.16 Å². The number of esters is 1. The van der Waals surface area contributed by atoms with Gasteiger partial charge in [0.25, 0.3) is 5.91 Å². The zero-order valence-corrected chi connectivity index (χ0v) is 13.9. The standard InChI is InChI=1S/C19H15FN2O4/c1-2-25-19(24)13-5-9-15(10-6-13)21-18(23)16-11-17(26-22-16)12-3-7-14(20)8-4-12/h3-11H,2H2,1H3,(H,21,23). The normalized spacial score (nSPS) is 10.4. The minimum absolute atomic E-state index is 0.0822. The molecule has 7 heteroatoms. The Hall–Kier alpha value is -3.48. The largest absolute Gasteiger partial charge is 0.462 e. The lowest BCUT2D eigenvalue weighted by atomic mass is 10.1. The lowest BCUT2D eigenvalue weighted by Crippen LogP contribution is -2.12. The molecule has 0 unspecified atom stereocenters. The zero-order valence-electron chi connectivity index (χ0n) is 13.9. The highest BCUT2D eigenvalue weighted by atomic mass is 19.1. The third-order valence-corrected chi connectivity index (χ3v) is 3.53. The van der Waals surface area contributed by atoms with E-state index in [1.165, 1.54) is 30.3 Å². The fourth-order valence-electron chi connectivity index (χ4n) is 2.23. The fraction of sp³-hybridized carbons (Fsp3) is 0.105. The van der Waals surface area contributed by atoms with Gasteiger partial charge in [-0.3, -0.25) is 4.79 Å². The molecule has 1 heterocycles. The number of halogens is 1. The quantitative estimate of drug-likeness (QED) is 0.703. The Kier molecular flexibility index (Phi) is 5.07. The Morgan fingerprint density at radius 1 is 1.12 bits per heavy atom. The molecule has 3 rings (SSSR count). The number of nitrogens with one attached hydrogen (secondary N) is 1. The smallest absolute Gasteiger partial charge is 0.338 e. The van der Waals surface area contributed by atoms with Crippen molar-refractivity contribution < 1.29 is 23.2 Å². The number of hydrogen-bond acceptors (Lipinski definition) is 5. The summed E-state index contributed by atoms with van der Waals surface area (Å²) in [7, 11) is 0. The molecule has 0 atom stereocenters. The Labute approximate surface area is 148 Å². The summed E-state index contributed by atoms with van der Waals surface area (Å²) in [5, 5.41) is 6.38. The molecule has 0 bridgehead atoms. The van der Waals surface area contributed by atoms with Crippen LogP contribution in [0.1, 0.15) is 27.8 Å². The highest BCUT2D eigenvalue weighted by molar-refractivity contribution is 6.03. The van der Waals surface area contributed by atoms with Crippen molar-refractivity contribution in [3.8, 4) is 11.3 Å². The lowest BCUT2D eigenvalue weighted by molar-refractivity contribution is 0.0526. The van der Waals surface area contributed by atoms with Gasteiger partial charge in [-0.05, 0) is 55.5 Å². The Balaban J connectivity index is 1.68. The molecule has 0 fully saturated rings. The van der Waals surface area contributed by atoms with Crippen LogP contribution in [0.4, 0.5) is 10.1 Å². The van der Waals surface area contributed by atoms with Gasteiger partial charge in [0.1, 0.15) is 5.82 Å². The number of carbonyl (C=O) groups is 2. The lowest BCUT2D eigenvalue weighted by Gasteiger charge is -2.05. The van der Waals surface area contributed by atoms with Gasteiger partial charge in [-0.25, -0.2) is 9.18 Å². The van der Waals surface area contributed by atoms with Crippen LogP contribution in [0.3, 0.4) is 0 Å². The van der Waals surface area contributed by atoms with Crippen LogP contribution in [0.25, 0.3) is 11.3 Å². The van der Waals surface area contributed by atoms with E-state index in [0.29, 0.717) is 29.2 Å². The third-order valence-electron chi connectivity index (χ3n) is 3.53. The molecule has 0 saturated heterocycles. The van der Waals surface area contributed by atoms with Crippen molar-refractivity contribution in [3.05, 3.63) is 71.7 Å². The summed E-state index contributed by atoms with van der Waals surface area (Å²) >= 11 is 0. The number of nitrogens with zero attached hydrogens (tertiary/aromatic N) is 1. The molecule has 0 spiro atoms. The summed E-state index contributed by atoms with van der Waals surface area (Å²) in [5.41, 5.74) is 1.58. The average molecular weight is 354 g/mol. The first-order valence-electron chi connectivity index (χ1n) is 7.88. The number of carbonyl (C=O) groups excluding carboxylic acids is 2. The highest BCUT2D eigenvalue weighted by Gasteiger charge is 2.14. The van der Waals surface area contributed by atoms with E-state index in [1.807, 2.05) is 0 Å². The van der Waals surface area contributed by atoms with E-state index < -0.39 is 11.9 Å². The van der Waals surface area contributed by atoms with Gasteiger partial charge in [-0.2, -0.15) is 0 Å². The highest BCUT2D eigenvalue weighted by Crippen LogP contribution is 2.21. The van der Waals surface area contributed by atoms with Crippen LogP contribution in [0.15, 0.2) is 59.1 Å². The van der Waals surface area contributed by atoms with Gasteiger partial charge in [0.05, 0.1) is 12.2 Å². The van der Waals surface area contributed by atoms with Gasteiger partial charge in [0.2, 0.25) is 0 Å². The minimum atomic E-state index is -0.467. The molecule has 1 N–H and O–H groups in total. The molecule has 6 nitrogen and oxygen atoms in total. The monoisotopic (exact) mass is 354 g/mol. The van der Waals surface area contributed by atoms with E-state index in [0.717, 1.165) is 0 Å². The van der Waals surface area contributed by atoms with Gasteiger partial charge < -0.3 is 14.6 Å². The van der Waals surface area contributed by atoms with Crippen molar-refractivity contribution in [1.82, 2.24) is 5.16 Å². The molecule has 0 saturated carbocycles. The molecule has 1 aromatic heterocycles. The van der Waals surface area contributed by atoms with E-state index in [1.54, 1.807) is 31.2 Å². The molecular weight excluding hydrogens is 339 g/mol. The number of anilines is 1. The van der Waals surface area contributed by atoms with E-state index in [4.69, 9.17) is 9.26 Å². The zero-order chi connectivity index (χ0) is 18.5. The summed E-state index contributed by atoms with van der Waals surface area (Å²) in [6.45, 7) is 2.02. The van der Waals surface area contributed by atoms with E-state index in [9.17, 15) is 14.0 Å². The number of hydrogen-bond donors (Lipinski definition) is 1. The summed E-state index contributed by atoms with van der Waals surface area (Å²) < 4.78 is 23.0. The molecule has 0 aliphatic heterocycles. The molecule has 1 amide bonds. The SMILES string of the molecule is CCOC(=O)c1ccc(NC(=O)c2cc(-c3ccc(F)cc3)on2)cc1. The van der Waals surface area contributed by atoms with Crippen LogP contribution in [-0.4, -0.2) is 23.6 Å². The van der Waals surface area contributed by atoms with Crippen LogP contribution in [0.5, 0.6) is 0 Å². The molecule has 2 aromatic carbocycles. The molecule has 132 valence electrons. The maximum Gasteiger partial charge on any atom is 0.338 e. The van der Waals surface area contributed by atoms with Crippen LogP contribution >= 0.6 is 0 Å². The Morgan fingerprint density at radius 3 is 2.46 bits per heavy atom. The second-order valence-electron chi connectivity index (χ2n) is 5.34. The maximum atomic E-state index is 13.0. The minimum Gasteiger partial charge on any atom is -0.462 e. The van der Waals surface area contributed by atoms with Crippen molar-refractivity contribution in [1.29, 1.82) is 0 Å². The summed E-state index contributed by atoms with van der Waals surface area (Å²) in [4.78, 5) is 23.9. The van der Waals surface area contributed by atoms with Crippen LogP contribution in [0.2, 0.25) is 0 Å². The molecule has 0 aliphatic carbocycles. The molecule has 0 radical (unpaired) electrons. The average Bonchev–Trinajstić information content (AvgIpc) is 3.13. The van der Waals surface area contributed by atoms with E-state index >= 15 is 0 Å². The van der Waals surface area contributed by atoms with Crippen LogP contribution in [0, 0.1) is 5.82 Å². The topological polar surface area (TPSA) is 81.4 Å². The second kappa shape index (κ2) is 7.60. The van der Waals surface area contributed by atoms with Gasteiger partial charge in [-0.15, -0.1) is 0 Å². The second-order valence-corrected chi connectivity index (χ2v) is 5.34. The molecule has 26 heavy (non-hydrogen) atoms. The van der Waals surface area contributed by atoms with Gasteiger partial charge in [0.15, 0.2) is 11.5 Å². The van der Waals surface area contributed by atoms with E-state index in [-0.39, 0.29) is 11.5 Å². The maximum absolute atomic E-state index is 13.0. The number of amides is 1. The van der Waals surface area contributed by atoms with Crippen molar-refractivity contribution in [2.75, 3.05) is 11.9 Å². The Bertz CT molecular complexity index is 917. The first-order valence-corrected chi connectivity index (χ1v) is 7.88. The summed E-state index contributed by atoms with van der Waals surface area (Å²) in [6.07, 6.45) is 0. The first-order chi connectivity index (χ1) is 12.6. The predicted molar refractivity (Wildman–Crippen MR) is 92.2 cm³/mol. The third kappa shape index (κ3) is 3.94. The first kappa shape index (κ1) is 17.3. The number of ether oxygens (including phenoxy) is 1. The molecule has 0 aliphatic rings. The number of aromatic nitrogens is 1. The van der Waals surface area contributed by atoms with Crippen LogP contribution < -0.4 is 5.32 Å². The fourth-order valence-corrected chi connectivity index (χ4v) is 2.23. The van der Waals surface area contributed by atoms with Crippen molar-refractivity contribution in [2.45, 2.75) is 6.92 Å². The van der Waals surface area contributed by atoms with Crippen molar-refractivity contribution >= 4 is 17.6 Å². The Morgan fingerprint density at radius 2 is 1.81 bits per heavy atom. The summed E-state index contributed by atoms with van der Waals surface area (Å²) in [6, 6.07) is 13.4. The molecule has 3 aromatic rings. The van der Waals surface area contributed by atoms with Gasteiger partial charge in [0, 0.05) is 17.3 Å².